The van der Waals surface area contributed by atoms with E-state index in [2.05, 4.69) is 35.8 Å². The molecule has 2 saturated carbocycles. The molecule has 2 fully saturated rings. The zero-order valence-corrected chi connectivity index (χ0v) is 18.5. The number of fused-ring (bicyclic) bond motifs is 5. The SMILES string of the molecule is COc1ccc2c(c1)C[C@H](NCCCNCCCN)[C@@H]1[C@@H]2CC[C@]2(C)CCC[C@@H]12. The molecule has 0 aliphatic heterocycles. The smallest absolute Gasteiger partial charge is 0.119 e. The molecule has 162 valence electrons. The summed E-state index contributed by atoms with van der Waals surface area (Å²) >= 11 is 0. The first-order chi connectivity index (χ1) is 14.2. The fourth-order valence-electron chi connectivity index (χ4n) is 6.79. The van der Waals surface area contributed by atoms with E-state index in [1.807, 2.05) is 0 Å². The van der Waals surface area contributed by atoms with Gasteiger partial charge >= 0.3 is 0 Å². The molecule has 3 aliphatic carbocycles. The van der Waals surface area contributed by atoms with E-state index in [1.165, 1.54) is 44.1 Å². The lowest BCUT2D eigenvalue weighted by Crippen LogP contribution is -2.52. The number of benzene rings is 1. The van der Waals surface area contributed by atoms with Crippen molar-refractivity contribution in [3.05, 3.63) is 29.3 Å². The summed E-state index contributed by atoms with van der Waals surface area (Å²) in [4.78, 5) is 0. The van der Waals surface area contributed by atoms with Crippen molar-refractivity contribution in [3.63, 3.8) is 0 Å². The first-order valence-electron chi connectivity index (χ1n) is 12.0. The van der Waals surface area contributed by atoms with E-state index in [1.54, 1.807) is 12.7 Å². The molecule has 1 aromatic rings. The van der Waals surface area contributed by atoms with Crippen molar-refractivity contribution < 1.29 is 4.74 Å². The van der Waals surface area contributed by atoms with Gasteiger partial charge in [-0.15, -0.1) is 0 Å². The molecule has 4 rings (SSSR count). The standard InChI is InChI=1S/C25H41N3O/c1-25-10-3-6-22(25)24-21(9-11-25)20-8-7-19(29-2)16-18(20)17-23(24)28-15-5-14-27-13-4-12-26/h7-8,16,21-24,27-28H,3-6,9-15,17,26H2,1-2H3/t21-,22+,23+,24-,25+/m1/s1. The molecule has 0 spiro atoms. The predicted molar refractivity (Wildman–Crippen MR) is 121 cm³/mol. The van der Waals surface area contributed by atoms with Gasteiger partial charge in [-0.05, 0) is 118 Å². The predicted octanol–water partition coefficient (Wildman–Crippen LogP) is 3.84. The van der Waals surface area contributed by atoms with Gasteiger partial charge in [-0.3, -0.25) is 0 Å². The van der Waals surface area contributed by atoms with Crippen molar-refractivity contribution in [2.24, 2.45) is 23.0 Å². The molecule has 4 heteroatoms. The van der Waals surface area contributed by atoms with E-state index >= 15 is 0 Å². The van der Waals surface area contributed by atoms with Gasteiger partial charge in [-0.1, -0.05) is 19.4 Å². The Kier molecular flexibility index (Phi) is 6.83. The summed E-state index contributed by atoms with van der Waals surface area (Å²) in [6.07, 6.45) is 10.5. The van der Waals surface area contributed by atoms with Crippen LogP contribution in [0.5, 0.6) is 5.75 Å². The van der Waals surface area contributed by atoms with Crippen molar-refractivity contribution in [1.82, 2.24) is 10.6 Å². The normalized spacial score (nSPS) is 33.1. The molecular weight excluding hydrogens is 358 g/mol. The number of ether oxygens (including phenoxy) is 1. The van der Waals surface area contributed by atoms with Crippen LogP contribution in [0.1, 0.15) is 68.9 Å². The van der Waals surface area contributed by atoms with Crippen molar-refractivity contribution in [2.75, 3.05) is 33.3 Å². The van der Waals surface area contributed by atoms with E-state index in [9.17, 15) is 0 Å². The van der Waals surface area contributed by atoms with Gasteiger partial charge in [0, 0.05) is 6.04 Å². The van der Waals surface area contributed by atoms with Crippen LogP contribution in [0.4, 0.5) is 0 Å². The summed E-state index contributed by atoms with van der Waals surface area (Å²) in [6.45, 7) is 6.59. The third-order valence-corrected chi connectivity index (χ3v) is 8.26. The molecule has 4 nitrogen and oxygen atoms in total. The van der Waals surface area contributed by atoms with Crippen molar-refractivity contribution >= 4 is 0 Å². The Morgan fingerprint density at radius 3 is 2.83 bits per heavy atom. The van der Waals surface area contributed by atoms with Gasteiger partial charge in [0.05, 0.1) is 7.11 Å². The summed E-state index contributed by atoms with van der Waals surface area (Å²) in [5.41, 5.74) is 9.30. The van der Waals surface area contributed by atoms with E-state index in [4.69, 9.17) is 10.5 Å². The molecule has 1 aromatic carbocycles. The third-order valence-electron chi connectivity index (χ3n) is 8.26. The lowest BCUT2D eigenvalue weighted by Gasteiger charge is -2.52. The van der Waals surface area contributed by atoms with Crippen LogP contribution < -0.4 is 21.1 Å². The number of nitrogens with two attached hydrogens (primary N) is 1. The molecule has 5 atom stereocenters. The Balaban J connectivity index is 1.48. The first-order valence-corrected chi connectivity index (χ1v) is 12.0. The molecule has 0 aromatic heterocycles. The molecule has 0 radical (unpaired) electrons. The van der Waals surface area contributed by atoms with E-state index in [0.29, 0.717) is 11.5 Å². The number of rotatable bonds is 9. The fraction of sp³-hybridized carbons (Fsp3) is 0.760. The second-order valence-electron chi connectivity index (χ2n) is 9.95. The summed E-state index contributed by atoms with van der Waals surface area (Å²) in [5.74, 6) is 3.41. The van der Waals surface area contributed by atoms with Crippen LogP contribution >= 0.6 is 0 Å². The molecule has 29 heavy (non-hydrogen) atoms. The highest BCUT2D eigenvalue weighted by Gasteiger charge is 2.53. The second kappa shape index (κ2) is 9.36. The fourth-order valence-corrected chi connectivity index (χ4v) is 6.79. The molecule has 0 saturated heterocycles. The largest absolute Gasteiger partial charge is 0.497 e. The number of hydrogen-bond donors (Lipinski definition) is 3. The summed E-state index contributed by atoms with van der Waals surface area (Å²) in [5, 5.41) is 7.53. The Bertz CT molecular complexity index is 678. The van der Waals surface area contributed by atoms with Gasteiger partial charge in [-0.25, -0.2) is 0 Å². The zero-order valence-electron chi connectivity index (χ0n) is 18.5. The Hall–Kier alpha value is -1.10. The van der Waals surface area contributed by atoms with Crippen LogP contribution in [0.15, 0.2) is 18.2 Å². The van der Waals surface area contributed by atoms with Crippen molar-refractivity contribution in [2.45, 2.75) is 70.3 Å². The van der Waals surface area contributed by atoms with Crippen molar-refractivity contribution in [1.29, 1.82) is 0 Å². The highest BCUT2D eigenvalue weighted by molar-refractivity contribution is 5.42. The second-order valence-corrected chi connectivity index (χ2v) is 9.95. The van der Waals surface area contributed by atoms with Gasteiger partial charge in [-0.2, -0.15) is 0 Å². The Morgan fingerprint density at radius 2 is 2.00 bits per heavy atom. The number of nitrogens with one attached hydrogen (secondary N) is 2. The van der Waals surface area contributed by atoms with E-state index in [0.717, 1.165) is 62.5 Å². The molecule has 0 unspecified atom stereocenters. The summed E-state index contributed by atoms with van der Waals surface area (Å²) < 4.78 is 5.54. The molecule has 3 aliphatic rings. The number of hydrogen-bond acceptors (Lipinski definition) is 4. The topological polar surface area (TPSA) is 59.3 Å². The maximum atomic E-state index is 5.58. The first kappa shape index (κ1) is 21.1. The van der Waals surface area contributed by atoms with Gasteiger partial charge in [0.15, 0.2) is 0 Å². The minimum atomic E-state index is 0.578. The maximum absolute atomic E-state index is 5.58. The highest BCUT2D eigenvalue weighted by Crippen LogP contribution is 2.60. The quantitative estimate of drug-likeness (QED) is 0.552. The van der Waals surface area contributed by atoms with E-state index in [-0.39, 0.29) is 0 Å². The van der Waals surface area contributed by atoms with E-state index < -0.39 is 0 Å². The van der Waals surface area contributed by atoms with Gasteiger partial charge < -0.3 is 21.1 Å². The van der Waals surface area contributed by atoms with Crippen LogP contribution in [0.25, 0.3) is 0 Å². The van der Waals surface area contributed by atoms with Gasteiger partial charge in [0.2, 0.25) is 0 Å². The Labute approximate surface area is 177 Å². The van der Waals surface area contributed by atoms with Crippen LogP contribution in [0.3, 0.4) is 0 Å². The molecule has 4 N–H and O–H groups in total. The molecule has 0 bridgehead atoms. The minimum Gasteiger partial charge on any atom is -0.497 e. The Morgan fingerprint density at radius 1 is 1.14 bits per heavy atom. The van der Waals surface area contributed by atoms with Crippen LogP contribution in [0.2, 0.25) is 0 Å². The third kappa shape index (κ3) is 4.35. The molecular formula is C25H41N3O. The lowest BCUT2D eigenvalue weighted by molar-refractivity contribution is 0.0395. The van der Waals surface area contributed by atoms with Crippen LogP contribution in [0, 0.1) is 17.3 Å². The number of methoxy groups -OCH3 is 1. The highest BCUT2D eigenvalue weighted by atomic mass is 16.5. The maximum Gasteiger partial charge on any atom is 0.119 e. The van der Waals surface area contributed by atoms with Crippen LogP contribution in [-0.2, 0) is 6.42 Å². The molecule has 0 amide bonds. The summed E-state index contributed by atoms with van der Waals surface area (Å²) in [7, 11) is 1.78. The average molecular weight is 400 g/mol. The van der Waals surface area contributed by atoms with Crippen molar-refractivity contribution in [3.8, 4) is 5.75 Å². The monoisotopic (exact) mass is 399 g/mol. The zero-order chi connectivity index (χ0) is 20.3. The molecule has 0 heterocycles. The lowest BCUT2D eigenvalue weighted by atomic mass is 9.54. The minimum absolute atomic E-state index is 0.578. The summed E-state index contributed by atoms with van der Waals surface area (Å²) in [6, 6.07) is 7.46. The van der Waals surface area contributed by atoms with Crippen LogP contribution in [-0.4, -0.2) is 39.3 Å². The van der Waals surface area contributed by atoms with Gasteiger partial charge in [0.1, 0.15) is 5.75 Å². The van der Waals surface area contributed by atoms with Gasteiger partial charge in [0.25, 0.3) is 0 Å². The average Bonchev–Trinajstić information content (AvgIpc) is 3.14.